The molecule has 2 unspecified atom stereocenters. The SMILES string of the molecule is CC1CC[C@@H]2C(CO1)[C@H]([C@@H](C)[C@H](O)Cc1ccc(C(=O)N[C@H]3CCC[C@H]3C(=O)O)cc1)CC[C@H]2C. The zero-order valence-corrected chi connectivity index (χ0v) is 21.5. The summed E-state index contributed by atoms with van der Waals surface area (Å²) in [7, 11) is 0. The van der Waals surface area contributed by atoms with E-state index in [4.69, 9.17) is 4.74 Å². The van der Waals surface area contributed by atoms with Gasteiger partial charge in [0.25, 0.3) is 5.91 Å². The van der Waals surface area contributed by atoms with Crippen LogP contribution in [0, 0.1) is 35.5 Å². The number of carbonyl (C=O) groups is 2. The Bertz CT molecular complexity index is 870. The molecule has 194 valence electrons. The molecule has 0 bridgehead atoms. The lowest BCUT2D eigenvalue weighted by atomic mass is 9.62. The maximum atomic E-state index is 12.7. The molecular formula is C29H43NO5. The number of aliphatic carboxylic acids is 1. The van der Waals surface area contributed by atoms with Crippen LogP contribution in [-0.4, -0.2) is 46.9 Å². The third-order valence-corrected chi connectivity index (χ3v) is 9.36. The monoisotopic (exact) mass is 485 g/mol. The van der Waals surface area contributed by atoms with E-state index in [0.717, 1.165) is 37.4 Å². The molecule has 1 amide bonds. The van der Waals surface area contributed by atoms with Gasteiger partial charge in [-0.15, -0.1) is 0 Å². The predicted octanol–water partition coefficient (Wildman–Crippen LogP) is 4.69. The molecule has 3 aliphatic rings. The number of ether oxygens (including phenoxy) is 1. The molecule has 6 heteroatoms. The van der Waals surface area contributed by atoms with Crippen LogP contribution >= 0.6 is 0 Å². The standard InChI is InChI=1S/C29H43NO5/c1-17-7-13-23(25-16-35-18(2)8-14-22(17)25)19(3)27(31)15-20-9-11-21(12-10-20)28(32)30-26-6-4-5-24(26)29(33)34/h9-12,17-19,22-27,31H,4-8,13-16H2,1-3H3,(H,30,32)(H,33,34)/t17-,18?,19-,22+,23+,24-,25?,26+,27-/m1/s1. The number of aliphatic hydroxyl groups excluding tert-OH is 1. The summed E-state index contributed by atoms with van der Waals surface area (Å²) in [5.74, 6) is 1.02. The number of hydrogen-bond donors (Lipinski definition) is 3. The lowest BCUT2D eigenvalue weighted by molar-refractivity contribution is -0.142. The van der Waals surface area contributed by atoms with E-state index in [2.05, 4.69) is 26.1 Å². The number of hydrogen-bond acceptors (Lipinski definition) is 4. The Morgan fingerprint density at radius 1 is 1.03 bits per heavy atom. The summed E-state index contributed by atoms with van der Waals surface area (Å²) in [6.07, 6.45) is 7.32. The molecule has 3 fully saturated rings. The van der Waals surface area contributed by atoms with Crippen molar-refractivity contribution in [3.8, 4) is 0 Å². The smallest absolute Gasteiger partial charge is 0.308 e. The molecule has 1 aromatic rings. The minimum absolute atomic E-state index is 0.185. The number of fused-ring (bicyclic) bond motifs is 1. The molecule has 4 rings (SSSR count). The number of carbonyl (C=O) groups excluding carboxylic acids is 1. The van der Waals surface area contributed by atoms with Crippen molar-refractivity contribution in [2.24, 2.45) is 35.5 Å². The fourth-order valence-corrected chi connectivity index (χ4v) is 6.99. The Hall–Kier alpha value is -1.92. The van der Waals surface area contributed by atoms with Crippen LogP contribution in [0.3, 0.4) is 0 Å². The number of carboxylic acids is 1. The van der Waals surface area contributed by atoms with E-state index < -0.39 is 18.0 Å². The van der Waals surface area contributed by atoms with Crippen molar-refractivity contribution in [2.45, 2.75) is 90.4 Å². The number of carboxylic acid groups (broad SMARTS) is 1. The fraction of sp³-hybridized carbons (Fsp3) is 0.724. The van der Waals surface area contributed by atoms with Crippen LogP contribution in [0.15, 0.2) is 24.3 Å². The van der Waals surface area contributed by atoms with Crippen LogP contribution < -0.4 is 5.32 Å². The van der Waals surface area contributed by atoms with Gasteiger partial charge >= 0.3 is 5.97 Å². The molecule has 2 aliphatic carbocycles. The molecular weight excluding hydrogens is 442 g/mol. The highest BCUT2D eigenvalue weighted by molar-refractivity contribution is 5.94. The van der Waals surface area contributed by atoms with Gasteiger partial charge in [0.2, 0.25) is 0 Å². The number of amides is 1. The second kappa shape index (κ2) is 11.4. The summed E-state index contributed by atoms with van der Waals surface area (Å²) >= 11 is 0. The van der Waals surface area contributed by atoms with Gasteiger partial charge in [-0.25, -0.2) is 0 Å². The highest BCUT2D eigenvalue weighted by atomic mass is 16.5. The van der Waals surface area contributed by atoms with Gasteiger partial charge in [-0.3, -0.25) is 9.59 Å². The van der Waals surface area contributed by atoms with Gasteiger partial charge in [-0.05, 0) is 92.7 Å². The first-order valence-corrected chi connectivity index (χ1v) is 13.7. The first kappa shape index (κ1) is 26.2. The van der Waals surface area contributed by atoms with Crippen molar-refractivity contribution >= 4 is 11.9 Å². The molecule has 0 aromatic heterocycles. The molecule has 1 heterocycles. The zero-order valence-electron chi connectivity index (χ0n) is 21.5. The summed E-state index contributed by atoms with van der Waals surface area (Å²) in [5.41, 5.74) is 1.54. The van der Waals surface area contributed by atoms with E-state index in [9.17, 15) is 19.8 Å². The highest BCUT2D eigenvalue weighted by Gasteiger charge is 2.42. The number of aliphatic hydroxyl groups is 1. The lowest BCUT2D eigenvalue weighted by Gasteiger charge is -2.44. The third kappa shape index (κ3) is 6.08. The van der Waals surface area contributed by atoms with Crippen molar-refractivity contribution in [2.75, 3.05) is 6.61 Å². The van der Waals surface area contributed by atoms with Gasteiger partial charge in [0.15, 0.2) is 0 Å². The fourth-order valence-electron chi connectivity index (χ4n) is 6.99. The maximum Gasteiger partial charge on any atom is 0.308 e. The normalized spacial score (nSPS) is 34.9. The second-order valence-electron chi connectivity index (χ2n) is 11.6. The van der Waals surface area contributed by atoms with Gasteiger partial charge < -0.3 is 20.3 Å². The number of rotatable bonds is 7. The summed E-state index contributed by atoms with van der Waals surface area (Å²) in [5, 5.41) is 23.4. The molecule has 35 heavy (non-hydrogen) atoms. The van der Waals surface area contributed by atoms with Gasteiger partial charge in [0.05, 0.1) is 24.7 Å². The molecule has 0 spiro atoms. The van der Waals surface area contributed by atoms with Gasteiger partial charge in [0, 0.05) is 11.6 Å². The van der Waals surface area contributed by atoms with E-state index in [1.165, 1.54) is 12.8 Å². The molecule has 3 N–H and O–H groups in total. The van der Waals surface area contributed by atoms with E-state index in [0.29, 0.717) is 48.7 Å². The van der Waals surface area contributed by atoms with Crippen molar-refractivity contribution in [1.29, 1.82) is 0 Å². The first-order chi connectivity index (χ1) is 16.7. The summed E-state index contributed by atoms with van der Waals surface area (Å²) in [4.78, 5) is 24.1. The van der Waals surface area contributed by atoms with E-state index in [-0.39, 0.29) is 17.9 Å². The quantitative estimate of drug-likeness (QED) is 0.521. The summed E-state index contributed by atoms with van der Waals surface area (Å²) in [6, 6.07) is 7.09. The van der Waals surface area contributed by atoms with Crippen molar-refractivity contribution < 1.29 is 24.5 Å². The molecule has 1 aliphatic heterocycles. The van der Waals surface area contributed by atoms with E-state index in [1.54, 1.807) is 12.1 Å². The third-order valence-electron chi connectivity index (χ3n) is 9.36. The van der Waals surface area contributed by atoms with Crippen LogP contribution in [0.25, 0.3) is 0 Å². The second-order valence-corrected chi connectivity index (χ2v) is 11.6. The molecule has 2 saturated carbocycles. The molecule has 0 radical (unpaired) electrons. The van der Waals surface area contributed by atoms with Crippen LogP contribution in [0.4, 0.5) is 0 Å². The van der Waals surface area contributed by atoms with Crippen molar-refractivity contribution in [3.05, 3.63) is 35.4 Å². The molecule has 6 nitrogen and oxygen atoms in total. The Morgan fingerprint density at radius 3 is 2.49 bits per heavy atom. The molecule has 1 aromatic carbocycles. The van der Waals surface area contributed by atoms with Crippen molar-refractivity contribution in [1.82, 2.24) is 5.32 Å². The Kier molecular flexibility index (Phi) is 8.54. The number of benzene rings is 1. The highest BCUT2D eigenvalue weighted by Crippen LogP contribution is 2.46. The zero-order chi connectivity index (χ0) is 25.1. The van der Waals surface area contributed by atoms with Crippen LogP contribution in [-0.2, 0) is 16.0 Å². The predicted molar refractivity (Wildman–Crippen MR) is 135 cm³/mol. The molecule has 1 saturated heterocycles. The van der Waals surface area contributed by atoms with E-state index in [1.807, 2.05) is 12.1 Å². The average Bonchev–Trinajstić information content (AvgIpc) is 3.21. The topological polar surface area (TPSA) is 95.9 Å². The van der Waals surface area contributed by atoms with Gasteiger partial charge in [0.1, 0.15) is 0 Å². The van der Waals surface area contributed by atoms with Crippen LogP contribution in [0.1, 0.15) is 81.6 Å². The Labute approximate surface area is 209 Å². The first-order valence-electron chi connectivity index (χ1n) is 13.7. The average molecular weight is 486 g/mol. The Balaban J connectivity index is 1.35. The van der Waals surface area contributed by atoms with Crippen LogP contribution in [0.2, 0.25) is 0 Å². The van der Waals surface area contributed by atoms with E-state index >= 15 is 0 Å². The summed E-state index contributed by atoms with van der Waals surface area (Å²) in [6.45, 7) is 7.57. The lowest BCUT2D eigenvalue weighted by Crippen LogP contribution is -2.42. The Morgan fingerprint density at radius 2 is 1.77 bits per heavy atom. The maximum absolute atomic E-state index is 12.7. The van der Waals surface area contributed by atoms with Crippen LogP contribution in [0.5, 0.6) is 0 Å². The minimum atomic E-state index is -0.838. The van der Waals surface area contributed by atoms with Gasteiger partial charge in [-0.1, -0.05) is 38.8 Å². The summed E-state index contributed by atoms with van der Waals surface area (Å²) < 4.78 is 6.15. The minimum Gasteiger partial charge on any atom is -0.481 e. The van der Waals surface area contributed by atoms with Gasteiger partial charge in [-0.2, -0.15) is 0 Å². The largest absolute Gasteiger partial charge is 0.481 e. The number of nitrogens with one attached hydrogen (secondary N) is 1. The molecule has 9 atom stereocenters. The van der Waals surface area contributed by atoms with Crippen molar-refractivity contribution in [3.63, 3.8) is 0 Å².